The second-order valence-corrected chi connectivity index (χ2v) is 3.05. The first-order valence-electron chi connectivity index (χ1n) is 4.25. The summed E-state index contributed by atoms with van der Waals surface area (Å²) >= 11 is 0. The van der Waals surface area contributed by atoms with Crippen LogP contribution in [0.3, 0.4) is 0 Å². The summed E-state index contributed by atoms with van der Waals surface area (Å²) in [6.45, 7) is 1.68. The molecule has 0 radical (unpaired) electrons. The lowest BCUT2D eigenvalue weighted by Gasteiger charge is -2.33. The minimum Gasteiger partial charge on any atom is -0.393 e. The first-order valence-corrected chi connectivity index (χ1v) is 4.25. The van der Waals surface area contributed by atoms with Crippen LogP contribution in [0, 0.1) is 0 Å². The number of ether oxygens (including phenoxy) is 2. The lowest BCUT2D eigenvalue weighted by Crippen LogP contribution is -2.44. The van der Waals surface area contributed by atoms with Gasteiger partial charge in [0.2, 0.25) is 6.41 Å². The van der Waals surface area contributed by atoms with E-state index in [1.807, 2.05) is 0 Å². The van der Waals surface area contributed by atoms with Gasteiger partial charge in [-0.25, -0.2) is 0 Å². The largest absolute Gasteiger partial charge is 0.393 e. The third-order valence-electron chi connectivity index (χ3n) is 2.20. The normalized spacial score (nSPS) is 22.0. The molecule has 1 saturated heterocycles. The molecule has 72 valence electrons. The van der Waals surface area contributed by atoms with Gasteiger partial charge in [-0.05, 0) is 12.8 Å². The van der Waals surface area contributed by atoms with Crippen LogP contribution in [-0.4, -0.2) is 49.8 Å². The predicted molar refractivity (Wildman–Crippen MR) is 44.6 cm³/mol. The summed E-state index contributed by atoms with van der Waals surface area (Å²) in [4.78, 5) is 2.08. The number of nitrogens with zero attached hydrogens (tertiary/aromatic N) is 1. The van der Waals surface area contributed by atoms with E-state index in [2.05, 4.69) is 4.90 Å². The molecule has 0 aromatic carbocycles. The van der Waals surface area contributed by atoms with E-state index >= 15 is 0 Å². The van der Waals surface area contributed by atoms with Gasteiger partial charge in [0.05, 0.1) is 6.10 Å². The predicted octanol–water partition coefficient (Wildman–Crippen LogP) is 0.0195. The van der Waals surface area contributed by atoms with Gasteiger partial charge in [0.15, 0.2) is 0 Å². The van der Waals surface area contributed by atoms with Gasteiger partial charge in [0, 0.05) is 27.3 Å². The first kappa shape index (κ1) is 9.92. The Kier molecular flexibility index (Phi) is 3.94. The number of aliphatic hydroxyl groups excluding tert-OH is 1. The van der Waals surface area contributed by atoms with Gasteiger partial charge < -0.3 is 14.6 Å². The highest BCUT2D eigenvalue weighted by atomic mass is 16.7. The molecular formula is C8H17NO3. The maximum absolute atomic E-state index is 9.25. The number of hydrogen-bond donors (Lipinski definition) is 1. The Hall–Kier alpha value is -0.160. The summed E-state index contributed by atoms with van der Waals surface area (Å²) < 4.78 is 10.2. The van der Waals surface area contributed by atoms with E-state index in [1.165, 1.54) is 0 Å². The van der Waals surface area contributed by atoms with Crippen molar-refractivity contribution in [2.45, 2.75) is 25.4 Å². The number of rotatable bonds is 3. The van der Waals surface area contributed by atoms with Crippen molar-refractivity contribution in [2.24, 2.45) is 0 Å². The van der Waals surface area contributed by atoms with Crippen molar-refractivity contribution in [3.8, 4) is 0 Å². The van der Waals surface area contributed by atoms with Gasteiger partial charge in [-0.2, -0.15) is 0 Å². The lowest BCUT2D eigenvalue weighted by molar-refractivity contribution is -0.204. The highest BCUT2D eigenvalue weighted by Gasteiger charge is 2.23. The molecule has 0 unspecified atom stereocenters. The van der Waals surface area contributed by atoms with Crippen molar-refractivity contribution in [1.82, 2.24) is 4.90 Å². The van der Waals surface area contributed by atoms with Crippen LogP contribution in [0.15, 0.2) is 0 Å². The van der Waals surface area contributed by atoms with Crippen LogP contribution >= 0.6 is 0 Å². The quantitative estimate of drug-likeness (QED) is 0.614. The molecule has 1 N–H and O–H groups in total. The van der Waals surface area contributed by atoms with Crippen LogP contribution in [0.5, 0.6) is 0 Å². The zero-order chi connectivity index (χ0) is 8.97. The topological polar surface area (TPSA) is 41.9 Å². The van der Waals surface area contributed by atoms with E-state index in [0.717, 1.165) is 25.9 Å². The molecule has 1 aliphatic heterocycles. The molecule has 4 heteroatoms. The molecule has 0 amide bonds. The second-order valence-electron chi connectivity index (χ2n) is 3.05. The molecule has 1 aliphatic rings. The van der Waals surface area contributed by atoms with E-state index in [-0.39, 0.29) is 12.5 Å². The lowest BCUT2D eigenvalue weighted by atomic mass is 10.1. The Bertz CT molecular complexity index is 119. The molecule has 0 aromatic heterocycles. The average Bonchev–Trinajstić information content (AvgIpc) is 2.10. The highest BCUT2D eigenvalue weighted by Crippen LogP contribution is 2.13. The summed E-state index contributed by atoms with van der Waals surface area (Å²) in [5, 5.41) is 9.25. The minimum absolute atomic E-state index is 0.143. The van der Waals surface area contributed by atoms with Crippen molar-refractivity contribution in [3.05, 3.63) is 0 Å². The van der Waals surface area contributed by atoms with Gasteiger partial charge in [-0.3, -0.25) is 4.90 Å². The molecule has 1 heterocycles. The molecule has 12 heavy (non-hydrogen) atoms. The zero-order valence-electron chi connectivity index (χ0n) is 7.69. The zero-order valence-corrected chi connectivity index (χ0v) is 7.69. The maximum Gasteiger partial charge on any atom is 0.218 e. The van der Waals surface area contributed by atoms with Crippen molar-refractivity contribution < 1.29 is 14.6 Å². The minimum atomic E-state index is -0.252. The fourth-order valence-corrected chi connectivity index (χ4v) is 1.49. The van der Waals surface area contributed by atoms with E-state index in [9.17, 15) is 5.11 Å². The Morgan fingerprint density at radius 1 is 1.25 bits per heavy atom. The number of piperidine rings is 1. The summed E-state index contributed by atoms with van der Waals surface area (Å²) in [5.41, 5.74) is 0. The van der Waals surface area contributed by atoms with Gasteiger partial charge in [0.1, 0.15) is 0 Å². The van der Waals surface area contributed by atoms with Crippen LogP contribution in [0.1, 0.15) is 12.8 Å². The number of hydrogen-bond acceptors (Lipinski definition) is 4. The third kappa shape index (κ3) is 2.42. The Morgan fingerprint density at radius 2 is 1.75 bits per heavy atom. The smallest absolute Gasteiger partial charge is 0.218 e. The van der Waals surface area contributed by atoms with Gasteiger partial charge in [-0.1, -0.05) is 0 Å². The van der Waals surface area contributed by atoms with Crippen LogP contribution < -0.4 is 0 Å². The first-order chi connectivity index (χ1) is 5.77. The summed E-state index contributed by atoms with van der Waals surface area (Å²) in [6.07, 6.45) is 1.22. The number of aliphatic hydroxyl groups is 1. The molecule has 0 atom stereocenters. The molecule has 0 saturated carbocycles. The fourth-order valence-electron chi connectivity index (χ4n) is 1.49. The summed E-state index contributed by atoms with van der Waals surface area (Å²) in [5.74, 6) is 0. The van der Waals surface area contributed by atoms with E-state index < -0.39 is 0 Å². The van der Waals surface area contributed by atoms with Crippen LogP contribution in [0.25, 0.3) is 0 Å². The Labute approximate surface area is 73.1 Å². The fraction of sp³-hybridized carbons (Fsp3) is 1.00. The standard InChI is InChI=1S/C8H17NO3/c1-11-8(12-2)9-5-3-7(10)4-6-9/h7-8,10H,3-6H2,1-2H3. The van der Waals surface area contributed by atoms with Gasteiger partial charge >= 0.3 is 0 Å². The van der Waals surface area contributed by atoms with Gasteiger partial charge in [-0.15, -0.1) is 0 Å². The molecule has 0 spiro atoms. The Balaban J connectivity index is 2.32. The third-order valence-corrected chi connectivity index (χ3v) is 2.20. The Morgan fingerprint density at radius 3 is 2.17 bits per heavy atom. The molecular weight excluding hydrogens is 158 g/mol. The molecule has 0 aliphatic carbocycles. The van der Waals surface area contributed by atoms with Crippen LogP contribution in [0.2, 0.25) is 0 Å². The highest BCUT2D eigenvalue weighted by molar-refractivity contribution is 4.70. The van der Waals surface area contributed by atoms with Crippen molar-refractivity contribution in [2.75, 3.05) is 27.3 Å². The van der Waals surface area contributed by atoms with Crippen molar-refractivity contribution in [1.29, 1.82) is 0 Å². The molecule has 4 nitrogen and oxygen atoms in total. The average molecular weight is 175 g/mol. The summed E-state index contributed by atoms with van der Waals surface area (Å²) in [6, 6.07) is 0. The van der Waals surface area contributed by atoms with Crippen LogP contribution in [0.4, 0.5) is 0 Å². The molecule has 1 rings (SSSR count). The van der Waals surface area contributed by atoms with Crippen LogP contribution in [-0.2, 0) is 9.47 Å². The van der Waals surface area contributed by atoms with E-state index in [1.54, 1.807) is 14.2 Å². The van der Waals surface area contributed by atoms with Crippen molar-refractivity contribution in [3.63, 3.8) is 0 Å². The van der Waals surface area contributed by atoms with Crippen molar-refractivity contribution >= 4 is 0 Å². The number of methoxy groups -OCH3 is 2. The van der Waals surface area contributed by atoms with Gasteiger partial charge in [0.25, 0.3) is 0 Å². The molecule has 0 aromatic rings. The van der Waals surface area contributed by atoms with E-state index in [0.29, 0.717) is 0 Å². The molecule has 1 fully saturated rings. The molecule has 0 bridgehead atoms. The maximum atomic E-state index is 9.25. The van der Waals surface area contributed by atoms with E-state index in [4.69, 9.17) is 9.47 Å². The summed E-state index contributed by atoms with van der Waals surface area (Å²) in [7, 11) is 3.25. The monoisotopic (exact) mass is 175 g/mol. The SMILES string of the molecule is COC(OC)N1CCC(O)CC1. The second kappa shape index (κ2) is 4.77. The number of likely N-dealkylation sites (tertiary alicyclic amines) is 1.